The molecular formula is C19H25FN4O. The molecule has 0 bridgehead atoms. The van der Waals surface area contributed by atoms with E-state index in [1.807, 2.05) is 12.1 Å². The number of nitrogens with one attached hydrogen (secondary N) is 2. The molecule has 0 spiro atoms. The standard InChI is InChI=1S/C19H25FN4O/c20-16-10-14(4-5-19(16)24-8-6-21-13-24)11-23-17-3-1-2-15(17)18-12-25-9-7-22-18/h4-6,8,10,13,15,17-18,22-23H,1-3,7,9,11-12H2. The summed E-state index contributed by atoms with van der Waals surface area (Å²) in [4.78, 5) is 3.97. The smallest absolute Gasteiger partial charge is 0.147 e. The van der Waals surface area contributed by atoms with E-state index in [-0.39, 0.29) is 5.82 Å². The predicted molar refractivity (Wildman–Crippen MR) is 94.1 cm³/mol. The van der Waals surface area contributed by atoms with E-state index in [4.69, 9.17) is 4.74 Å². The number of ether oxygens (including phenoxy) is 1. The van der Waals surface area contributed by atoms with Gasteiger partial charge in [0.25, 0.3) is 0 Å². The number of nitrogens with zero attached hydrogens (tertiary/aromatic N) is 2. The minimum atomic E-state index is -0.220. The summed E-state index contributed by atoms with van der Waals surface area (Å²) in [7, 11) is 0. The van der Waals surface area contributed by atoms with Gasteiger partial charge in [0.1, 0.15) is 5.82 Å². The van der Waals surface area contributed by atoms with E-state index in [2.05, 4.69) is 15.6 Å². The molecule has 134 valence electrons. The van der Waals surface area contributed by atoms with Gasteiger partial charge in [0.15, 0.2) is 0 Å². The highest BCUT2D eigenvalue weighted by molar-refractivity contribution is 5.36. The number of halogens is 1. The number of hydrogen-bond donors (Lipinski definition) is 2. The third-order valence-corrected chi connectivity index (χ3v) is 5.40. The first-order valence-electron chi connectivity index (χ1n) is 9.12. The molecule has 1 aromatic carbocycles. The Labute approximate surface area is 147 Å². The largest absolute Gasteiger partial charge is 0.379 e. The lowest BCUT2D eigenvalue weighted by molar-refractivity contribution is 0.0524. The minimum absolute atomic E-state index is 0.220. The average Bonchev–Trinajstić information content (AvgIpc) is 3.32. The third-order valence-electron chi connectivity index (χ3n) is 5.40. The highest BCUT2D eigenvalue weighted by Gasteiger charge is 2.34. The number of aromatic nitrogens is 2. The van der Waals surface area contributed by atoms with Crippen molar-refractivity contribution in [3.63, 3.8) is 0 Å². The van der Waals surface area contributed by atoms with Crippen LogP contribution >= 0.6 is 0 Å². The number of benzene rings is 1. The van der Waals surface area contributed by atoms with Crippen molar-refractivity contribution >= 4 is 0 Å². The van der Waals surface area contributed by atoms with E-state index in [0.717, 1.165) is 25.3 Å². The number of rotatable bonds is 5. The second-order valence-corrected chi connectivity index (χ2v) is 6.97. The van der Waals surface area contributed by atoms with Gasteiger partial charge in [-0.25, -0.2) is 9.37 Å². The van der Waals surface area contributed by atoms with E-state index >= 15 is 0 Å². The monoisotopic (exact) mass is 344 g/mol. The topological polar surface area (TPSA) is 51.1 Å². The van der Waals surface area contributed by atoms with Crippen molar-refractivity contribution in [3.8, 4) is 5.69 Å². The Hall–Kier alpha value is -1.76. The molecule has 1 aromatic heterocycles. The van der Waals surface area contributed by atoms with Crippen molar-refractivity contribution in [1.29, 1.82) is 0 Å². The highest BCUT2D eigenvalue weighted by atomic mass is 19.1. The summed E-state index contributed by atoms with van der Waals surface area (Å²) in [5.41, 5.74) is 1.50. The van der Waals surface area contributed by atoms with Gasteiger partial charge in [-0.2, -0.15) is 0 Å². The van der Waals surface area contributed by atoms with Gasteiger partial charge in [-0.15, -0.1) is 0 Å². The lowest BCUT2D eigenvalue weighted by Crippen LogP contribution is -2.50. The molecule has 2 aliphatic rings. The van der Waals surface area contributed by atoms with Gasteiger partial charge < -0.3 is 19.9 Å². The molecule has 2 fully saturated rings. The van der Waals surface area contributed by atoms with Crippen LogP contribution in [0.5, 0.6) is 0 Å². The first-order chi connectivity index (χ1) is 12.3. The molecule has 25 heavy (non-hydrogen) atoms. The van der Waals surface area contributed by atoms with Crippen LogP contribution in [0.1, 0.15) is 24.8 Å². The van der Waals surface area contributed by atoms with Gasteiger partial charge in [-0.05, 0) is 36.5 Å². The molecular weight excluding hydrogens is 319 g/mol. The summed E-state index contributed by atoms with van der Waals surface area (Å²) in [5, 5.41) is 7.23. The van der Waals surface area contributed by atoms with Crippen molar-refractivity contribution in [2.24, 2.45) is 5.92 Å². The zero-order valence-corrected chi connectivity index (χ0v) is 14.3. The molecule has 1 aliphatic heterocycles. The first-order valence-corrected chi connectivity index (χ1v) is 9.12. The van der Waals surface area contributed by atoms with Crippen LogP contribution in [0.25, 0.3) is 5.69 Å². The SMILES string of the molecule is Fc1cc(CNC2CCCC2C2COCCN2)ccc1-n1ccnc1. The van der Waals surface area contributed by atoms with E-state index < -0.39 is 0 Å². The molecule has 3 atom stereocenters. The molecule has 5 nitrogen and oxygen atoms in total. The Kier molecular flexibility index (Phi) is 5.10. The molecule has 6 heteroatoms. The van der Waals surface area contributed by atoms with Crippen LogP contribution in [0.2, 0.25) is 0 Å². The Morgan fingerprint density at radius 3 is 3.08 bits per heavy atom. The summed E-state index contributed by atoms with van der Waals surface area (Å²) in [6, 6.07) is 6.33. The van der Waals surface area contributed by atoms with Gasteiger partial charge in [0.05, 0.1) is 25.2 Å². The Balaban J connectivity index is 1.38. The summed E-state index contributed by atoms with van der Waals surface area (Å²) >= 11 is 0. The Morgan fingerprint density at radius 2 is 2.32 bits per heavy atom. The molecule has 2 heterocycles. The quantitative estimate of drug-likeness (QED) is 0.874. The molecule has 3 unspecified atom stereocenters. The molecule has 0 radical (unpaired) electrons. The van der Waals surface area contributed by atoms with E-state index in [0.29, 0.717) is 30.2 Å². The second kappa shape index (κ2) is 7.64. The van der Waals surface area contributed by atoms with Crippen LogP contribution in [-0.4, -0.2) is 41.4 Å². The highest BCUT2D eigenvalue weighted by Crippen LogP contribution is 2.29. The van der Waals surface area contributed by atoms with Gasteiger partial charge in [0, 0.05) is 37.6 Å². The van der Waals surface area contributed by atoms with Crippen molar-refractivity contribution < 1.29 is 9.13 Å². The number of imidazole rings is 1. The van der Waals surface area contributed by atoms with Crippen LogP contribution in [0, 0.1) is 11.7 Å². The molecule has 2 N–H and O–H groups in total. The maximum Gasteiger partial charge on any atom is 0.147 e. The van der Waals surface area contributed by atoms with Crippen molar-refractivity contribution in [1.82, 2.24) is 20.2 Å². The van der Waals surface area contributed by atoms with Crippen LogP contribution < -0.4 is 10.6 Å². The lowest BCUT2D eigenvalue weighted by atomic mass is 9.94. The average molecular weight is 344 g/mol. The van der Waals surface area contributed by atoms with Crippen LogP contribution in [0.4, 0.5) is 4.39 Å². The summed E-state index contributed by atoms with van der Waals surface area (Å²) in [5.74, 6) is 0.373. The summed E-state index contributed by atoms with van der Waals surface area (Å²) in [6.45, 7) is 3.24. The number of morpholine rings is 1. The fourth-order valence-corrected chi connectivity index (χ4v) is 4.10. The van der Waals surface area contributed by atoms with Crippen LogP contribution in [-0.2, 0) is 11.3 Å². The van der Waals surface area contributed by atoms with Gasteiger partial charge in [-0.1, -0.05) is 12.5 Å². The van der Waals surface area contributed by atoms with Gasteiger partial charge in [0.2, 0.25) is 0 Å². The number of hydrogen-bond acceptors (Lipinski definition) is 4. The molecule has 1 saturated carbocycles. The van der Waals surface area contributed by atoms with E-state index in [1.54, 1.807) is 29.4 Å². The van der Waals surface area contributed by atoms with Gasteiger partial charge in [-0.3, -0.25) is 0 Å². The fraction of sp³-hybridized carbons (Fsp3) is 0.526. The second-order valence-electron chi connectivity index (χ2n) is 6.97. The van der Waals surface area contributed by atoms with Crippen molar-refractivity contribution in [2.75, 3.05) is 19.8 Å². The molecule has 1 saturated heterocycles. The maximum absolute atomic E-state index is 14.4. The van der Waals surface area contributed by atoms with Crippen molar-refractivity contribution in [2.45, 2.75) is 37.9 Å². The van der Waals surface area contributed by atoms with E-state index in [9.17, 15) is 4.39 Å². The Morgan fingerprint density at radius 1 is 1.36 bits per heavy atom. The minimum Gasteiger partial charge on any atom is -0.379 e. The normalized spacial score (nSPS) is 26.8. The summed E-state index contributed by atoms with van der Waals surface area (Å²) in [6.07, 6.45) is 8.66. The van der Waals surface area contributed by atoms with Crippen LogP contribution in [0.3, 0.4) is 0 Å². The third kappa shape index (κ3) is 3.76. The maximum atomic E-state index is 14.4. The lowest BCUT2D eigenvalue weighted by Gasteiger charge is -2.33. The first kappa shape index (κ1) is 16.7. The van der Waals surface area contributed by atoms with Gasteiger partial charge >= 0.3 is 0 Å². The molecule has 1 aliphatic carbocycles. The molecule has 0 amide bonds. The van der Waals surface area contributed by atoms with Crippen molar-refractivity contribution in [3.05, 3.63) is 48.3 Å². The molecule has 4 rings (SSSR count). The fourth-order valence-electron chi connectivity index (χ4n) is 4.10. The zero-order valence-electron chi connectivity index (χ0n) is 14.3. The Bertz CT molecular complexity index is 685. The zero-order chi connectivity index (χ0) is 17.1. The van der Waals surface area contributed by atoms with Crippen LogP contribution in [0.15, 0.2) is 36.9 Å². The predicted octanol–water partition coefficient (Wildman–Crippen LogP) is 2.26. The molecule has 2 aromatic rings. The summed E-state index contributed by atoms with van der Waals surface area (Å²) < 4.78 is 21.7. The van der Waals surface area contributed by atoms with E-state index in [1.165, 1.54) is 19.3 Å².